The van der Waals surface area contributed by atoms with Gasteiger partial charge >= 0.3 is 0 Å². The number of imidazole rings is 1. The van der Waals surface area contributed by atoms with Crippen LogP contribution in [0.2, 0.25) is 0 Å². The molecule has 11 aromatic rings. The van der Waals surface area contributed by atoms with E-state index in [9.17, 15) is 0 Å². The van der Waals surface area contributed by atoms with Crippen LogP contribution in [0.1, 0.15) is 11.1 Å². The first-order valence-corrected chi connectivity index (χ1v) is 19.9. The molecule has 3 heterocycles. The first-order chi connectivity index (χ1) is 28.6. The van der Waals surface area contributed by atoms with Crippen LogP contribution in [0.4, 0.5) is 0 Å². The second kappa shape index (κ2) is 12.7. The van der Waals surface area contributed by atoms with Crippen molar-refractivity contribution < 1.29 is 0 Å². The summed E-state index contributed by atoms with van der Waals surface area (Å²) in [5, 5.41) is 4.91. The normalized spacial score (nSPS) is 12.2. The highest BCUT2D eigenvalue weighted by molar-refractivity contribution is 6.12. The molecular formula is C54H36N4. The number of benzene rings is 8. The lowest BCUT2D eigenvalue weighted by Crippen LogP contribution is -1.96. The Hall–Kier alpha value is -7.56. The maximum Gasteiger partial charge on any atom is 0.140 e. The van der Waals surface area contributed by atoms with Crippen LogP contribution in [0, 0.1) is 0 Å². The van der Waals surface area contributed by atoms with E-state index < -0.39 is 0 Å². The topological polar surface area (TPSA) is 35.6 Å². The van der Waals surface area contributed by atoms with Crippen molar-refractivity contribution in [2.45, 2.75) is 6.42 Å². The first kappa shape index (κ1) is 32.7. The molecule has 0 bridgehead atoms. The van der Waals surface area contributed by atoms with Crippen molar-refractivity contribution in [3.05, 3.63) is 199 Å². The van der Waals surface area contributed by atoms with Gasteiger partial charge in [-0.2, -0.15) is 0 Å². The zero-order valence-electron chi connectivity index (χ0n) is 31.9. The van der Waals surface area contributed by atoms with E-state index in [1.807, 2.05) is 18.3 Å². The Kier molecular flexibility index (Phi) is 7.17. The van der Waals surface area contributed by atoms with Crippen LogP contribution in [0.5, 0.6) is 0 Å². The van der Waals surface area contributed by atoms with Gasteiger partial charge in [-0.05, 0) is 116 Å². The summed E-state index contributed by atoms with van der Waals surface area (Å²) in [6.45, 7) is 0. The van der Waals surface area contributed by atoms with Gasteiger partial charge in [0.05, 0.1) is 27.8 Å². The molecule has 0 N–H and O–H groups in total. The highest BCUT2D eigenvalue weighted by Crippen LogP contribution is 2.41. The highest BCUT2D eigenvalue weighted by Gasteiger charge is 2.20. The number of aryl methyl sites for hydroxylation is 1. The second-order valence-corrected chi connectivity index (χ2v) is 15.5. The fourth-order valence-corrected chi connectivity index (χ4v) is 9.38. The number of rotatable bonds is 5. The van der Waals surface area contributed by atoms with Crippen molar-refractivity contribution in [2.24, 2.45) is 7.05 Å². The van der Waals surface area contributed by atoms with Crippen molar-refractivity contribution in [1.29, 1.82) is 0 Å². The maximum atomic E-state index is 5.32. The SMILES string of the molecule is Cn1c(-c2ccc3c4cc(-c5cccc6ccccc56)ccc4n(-c4cccc(-c5ccccn5)c4)c3c2)nc2cc(-c3ccc4c(c3)Cc3ccccc3-4)ccc21. The Morgan fingerprint density at radius 3 is 2.16 bits per heavy atom. The molecule has 1 aliphatic rings. The molecule has 8 aromatic carbocycles. The summed E-state index contributed by atoms with van der Waals surface area (Å²) in [6, 6.07) is 66.1. The third-order valence-electron chi connectivity index (χ3n) is 12.2. The van der Waals surface area contributed by atoms with Crippen LogP contribution in [0.3, 0.4) is 0 Å². The molecule has 12 rings (SSSR count). The third-order valence-corrected chi connectivity index (χ3v) is 12.2. The zero-order chi connectivity index (χ0) is 38.3. The molecule has 272 valence electrons. The molecule has 0 radical (unpaired) electrons. The van der Waals surface area contributed by atoms with E-state index in [0.717, 1.165) is 56.8 Å². The predicted octanol–water partition coefficient (Wildman–Crippen LogP) is 13.5. The van der Waals surface area contributed by atoms with Gasteiger partial charge in [0.15, 0.2) is 0 Å². The summed E-state index contributed by atoms with van der Waals surface area (Å²) in [5.41, 5.74) is 18.9. The summed E-state index contributed by atoms with van der Waals surface area (Å²) in [5.74, 6) is 0.939. The molecule has 0 unspecified atom stereocenters. The van der Waals surface area contributed by atoms with Gasteiger partial charge < -0.3 is 9.13 Å². The Balaban J connectivity index is 1.01. The Bertz CT molecular complexity index is 3440. The van der Waals surface area contributed by atoms with E-state index in [2.05, 4.69) is 191 Å². The molecule has 4 nitrogen and oxygen atoms in total. The predicted molar refractivity (Wildman–Crippen MR) is 240 cm³/mol. The van der Waals surface area contributed by atoms with Crippen molar-refractivity contribution in [2.75, 3.05) is 0 Å². The summed E-state index contributed by atoms with van der Waals surface area (Å²) >= 11 is 0. The molecule has 0 saturated carbocycles. The standard InChI is InChI=1S/C54H36N4/c1-57-52-26-21-36(35-19-23-46-41(28-35)29-37-11-3-5-16-44(37)46)32-50(52)56-54(57)40-20-24-47-48-31-38(45-17-9-12-34-10-2-4-15-43(34)45)22-25-51(48)58(53(47)33-40)42-14-8-13-39(30-42)49-18-6-7-27-55-49/h2-28,30-33H,29H2,1H3. The molecule has 0 aliphatic heterocycles. The van der Waals surface area contributed by atoms with E-state index in [0.29, 0.717) is 0 Å². The summed E-state index contributed by atoms with van der Waals surface area (Å²) in [7, 11) is 2.13. The van der Waals surface area contributed by atoms with E-state index in [1.54, 1.807) is 0 Å². The minimum Gasteiger partial charge on any atom is -0.327 e. The molecule has 4 heteroatoms. The molecule has 0 saturated heterocycles. The van der Waals surface area contributed by atoms with Crippen LogP contribution >= 0.6 is 0 Å². The zero-order valence-corrected chi connectivity index (χ0v) is 31.9. The number of hydrogen-bond acceptors (Lipinski definition) is 2. The van der Waals surface area contributed by atoms with Crippen molar-refractivity contribution in [1.82, 2.24) is 19.1 Å². The Labute approximate surface area is 336 Å². The van der Waals surface area contributed by atoms with Crippen LogP contribution in [-0.4, -0.2) is 19.1 Å². The fourth-order valence-electron chi connectivity index (χ4n) is 9.38. The molecule has 1 aliphatic carbocycles. The van der Waals surface area contributed by atoms with Gasteiger partial charge in [-0.15, -0.1) is 0 Å². The number of nitrogens with zero attached hydrogens (tertiary/aromatic N) is 4. The van der Waals surface area contributed by atoms with Gasteiger partial charge in [-0.25, -0.2) is 4.98 Å². The summed E-state index contributed by atoms with van der Waals surface area (Å²) < 4.78 is 4.63. The van der Waals surface area contributed by atoms with E-state index in [-0.39, 0.29) is 0 Å². The van der Waals surface area contributed by atoms with Crippen molar-refractivity contribution in [3.63, 3.8) is 0 Å². The molecule has 3 aromatic heterocycles. The van der Waals surface area contributed by atoms with Gasteiger partial charge in [0.25, 0.3) is 0 Å². The van der Waals surface area contributed by atoms with Crippen LogP contribution in [0.15, 0.2) is 188 Å². The summed E-state index contributed by atoms with van der Waals surface area (Å²) in [6.07, 6.45) is 2.83. The average molecular weight is 741 g/mol. The fraction of sp³-hybridized carbons (Fsp3) is 0.0370. The van der Waals surface area contributed by atoms with Gasteiger partial charge in [0.1, 0.15) is 5.82 Å². The Morgan fingerprint density at radius 2 is 1.21 bits per heavy atom. The monoisotopic (exact) mass is 740 g/mol. The van der Waals surface area contributed by atoms with Gasteiger partial charge in [0, 0.05) is 40.8 Å². The van der Waals surface area contributed by atoms with Crippen molar-refractivity contribution >= 4 is 43.6 Å². The number of pyridine rings is 1. The quantitative estimate of drug-likeness (QED) is 0.176. The Morgan fingerprint density at radius 1 is 0.448 bits per heavy atom. The number of fused-ring (bicyclic) bond motifs is 8. The van der Waals surface area contributed by atoms with E-state index in [4.69, 9.17) is 4.98 Å². The smallest absolute Gasteiger partial charge is 0.140 e. The third kappa shape index (κ3) is 5.08. The van der Waals surface area contributed by atoms with Crippen LogP contribution < -0.4 is 0 Å². The second-order valence-electron chi connectivity index (χ2n) is 15.5. The highest BCUT2D eigenvalue weighted by atomic mass is 15.1. The molecule has 0 amide bonds. The van der Waals surface area contributed by atoms with Gasteiger partial charge in [-0.3, -0.25) is 4.98 Å². The van der Waals surface area contributed by atoms with E-state index >= 15 is 0 Å². The van der Waals surface area contributed by atoms with Crippen molar-refractivity contribution in [3.8, 4) is 61.7 Å². The van der Waals surface area contributed by atoms with Gasteiger partial charge in [-0.1, -0.05) is 127 Å². The lowest BCUT2D eigenvalue weighted by atomic mass is 9.97. The minimum absolute atomic E-state index is 0.939. The number of aromatic nitrogens is 4. The maximum absolute atomic E-state index is 5.32. The average Bonchev–Trinajstić information content (AvgIpc) is 3.94. The van der Waals surface area contributed by atoms with Crippen LogP contribution in [-0.2, 0) is 13.5 Å². The molecule has 58 heavy (non-hydrogen) atoms. The van der Waals surface area contributed by atoms with Crippen LogP contribution in [0.25, 0.3) is 105 Å². The lowest BCUT2D eigenvalue weighted by molar-refractivity contribution is 0.959. The molecule has 0 spiro atoms. The van der Waals surface area contributed by atoms with E-state index in [1.165, 1.54) is 66.1 Å². The largest absolute Gasteiger partial charge is 0.327 e. The molecule has 0 fully saturated rings. The lowest BCUT2D eigenvalue weighted by Gasteiger charge is -2.11. The van der Waals surface area contributed by atoms with Gasteiger partial charge in [0.2, 0.25) is 0 Å². The number of hydrogen-bond donors (Lipinski definition) is 0. The molecule has 0 atom stereocenters. The summed E-state index contributed by atoms with van der Waals surface area (Å²) in [4.78, 5) is 10.00. The first-order valence-electron chi connectivity index (χ1n) is 19.9. The minimum atomic E-state index is 0.939. The molecular weight excluding hydrogens is 705 g/mol.